The number of nitrogens with zero attached hydrogens (tertiary/aromatic N) is 2. The summed E-state index contributed by atoms with van der Waals surface area (Å²) in [4.78, 5) is 17.9. The van der Waals surface area contributed by atoms with Gasteiger partial charge >= 0.3 is 0 Å². The second-order valence-corrected chi connectivity index (χ2v) is 14.2. The quantitative estimate of drug-likeness (QED) is 0.272. The molecule has 9 nitrogen and oxygen atoms in total. The zero-order valence-electron chi connectivity index (χ0n) is 25.4. The van der Waals surface area contributed by atoms with Crippen molar-refractivity contribution < 1.29 is 22.3 Å². The highest BCUT2D eigenvalue weighted by atomic mass is 35.5. The number of anilines is 1. The minimum absolute atomic E-state index is 0.132. The average molecular weight is 658 g/mol. The van der Waals surface area contributed by atoms with Gasteiger partial charge in [-0.05, 0) is 74.8 Å². The van der Waals surface area contributed by atoms with E-state index < -0.39 is 27.8 Å². The molecule has 12 heteroatoms. The van der Waals surface area contributed by atoms with Crippen LogP contribution in [-0.4, -0.2) is 68.0 Å². The second kappa shape index (κ2) is 15.1. The highest BCUT2D eigenvalue weighted by molar-refractivity contribution is 7.89. The molecule has 0 unspecified atom stereocenters. The fraction of sp³-hybridized carbons (Fsp3) is 0.455. The standard InChI is InChI=1S/C33H41ClFN5O4S/c1-22-18-37-19-26(40(22)45(42,43)27-7-3-2-4-8-27)6-5-9-28-29(35)20-38-21-30(28)39-33(41)32(36)31(24-14-16-44-17-15-24)23-10-12-25(34)13-11-23/h2-4,7-8,10-13,20-22,24,26,31-32,37H,5-6,9,14-19,36H2,1H3,(H,39,41)/t22-,26-,31-,32-/m0/s1. The zero-order chi connectivity index (χ0) is 32.0. The van der Waals surface area contributed by atoms with Crippen LogP contribution in [-0.2, 0) is 26.0 Å². The Bertz CT molecular complexity index is 1540. The van der Waals surface area contributed by atoms with Crippen molar-refractivity contribution in [3.05, 3.63) is 89.0 Å². The van der Waals surface area contributed by atoms with Crippen LogP contribution in [0.1, 0.15) is 49.7 Å². The number of nitrogens with two attached hydrogens (primary N) is 1. The number of carbonyl (C=O) groups excluding carboxylic acids is 1. The van der Waals surface area contributed by atoms with Crippen LogP contribution in [0.5, 0.6) is 0 Å². The van der Waals surface area contributed by atoms with Crippen LogP contribution in [0.25, 0.3) is 0 Å². The predicted octanol–water partition coefficient (Wildman–Crippen LogP) is 4.72. The first kappa shape index (κ1) is 33.4. The first-order chi connectivity index (χ1) is 21.7. The SMILES string of the molecule is C[C@H]1CNC[C@H](CCCc2c(F)cncc2NC(=O)[C@@H](N)[C@@H](c2ccc(Cl)cc2)C2CCOCC2)N1S(=O)(=O)c1ccccc1. The van der Waals surface area contributed by atoms with E-state index in [4.69, 9.17) is 22.1 Å². The van der Waals surface area contributed by atoms with E-state index in [0.29, 0.717) is 49.7 Å². The molecule has 45 heavy (non-hydrogen) atoms. The lowest BCUT2D eigenvalue weighted by atomic mass is 9.76. The Balaban J connectivity index is 1.30. The van der Waals surface area contributed by atoms with Crippen molar-refractivity contribution in [1.82, 2.24) is 14.6 Å². The molecule has 242 valence electrons. The molecule has 0 saturated carbocycles. The van der Waals surface area contributed by atoms with Gasteiger partial charge in [0.2, 0.25) is 15.9 Å². The van der Waals surface area contributed by atoms with E-state index in [1.54, 1.807) is 46.8 Å². The van der Waals surface area contributed by atoms with Crippen molar-refractivity contribution in [3.8, 4) is 0 Å². The average Bonchev–Trinajstić information content (AvgIpc) is 3.04. The van der Waals surface area contributed by atoms with E-state index in [0.717, 1.165) is 24.6 Å². The fourth-order valence-electron chi connectivity index (χ4n) is 6.63. The molecule has 3 heterocycles. The van der Waals surface area contributed by atoms with E-state index in [1.807, 2.05) is 19.1 Å². The van der Waals surface area contributed by atoms with Crippen molar-refractivity contribution in [1.29, 1.82) is 0 Å². The number of halogens is 2. The molecule has 5 rings (SSSR count). The molecular formula is C33H41ClFN5O4S. The van der Waals surface area contributed by atoms with Crippen LogP contribution in [0.4, 0.5) is 10.1 Å². The fourth-order valence-corrected chi connectivity index (χ4v) is 8.62. The van der Waals surface area contributed by atoms with E-state index in [2.05, 4.69) is 15.6 Å². The third-order valence-corrected chi connectivity index (χ3v) is 11.2. The summed E-state index contributed by atoms with van der Waals surface area (Å²) in [6.45, 7) is 4.12. The van der Waals surface area contributed by atoms with Crippen LogP contribution >= 0.6 is 11.6 Å². The van der Waals surface area contributed by atoms with Crippen molar-refractivity contribution in [3.63, 3.8) is 0 Å². The number of sulfonamides is 1. The predicted molar refractivity (Wildman–Crippen MR) is 173 cm³/mol. The van der Waals surface area contributed by atoms with Gasteiger partial charge in [0, 0.05) is 54.9 Å². The summed E-state index contributed by atoms with van der Waals surface area (Å²) in [7, 11) is -3.72. The number of ether oxygens (including phenoxy) is 1. The summed E-state index contributed by atoms with van der Waals surface area (Å²) >= 11 is 6.13. The molecule has 4 N–H and O–H groups in total. The Morgan fingerprint density at radius 1 is 1.13 bits per heavy atom. The molecule has 0 radical (unpaired) electrons. The van der Waals surface area contributed by atoms with Gasteiger partial charge in [0.1, 0.15) is 5.82 Å². The van der Waals surface area contributed by atoms with Gasteiger partial charge in [-0.3, -0.25) is 9.78 Å². The van der Waals surface area contributed by atoms with Gasteiger partial charge in [-0.2, -0.15) is 4.31 Å². The molecule has 1 amide bonds. The molecule has 0 aliphatic carbocycles. The first-order valence-corrected chi connectivity index (χ1v) is 17.3. The Morgan fingerprint density at radius 3 is 2.56 bits per heavy atom. The van der Waals surface area contributed by atoms with E-state index in [9.17, 15) is 13.2 Å². The van der Waals surface area contributed by atoms with Gasteiger partial charge in [0.25, 0.3) is 0 Å². The van der Waals surface area contributed by atoms with Gasteiger partial charge < -0.3 is 21.1 Å². The van der Waals surface area contributed by atoms with Gasteiger partial charge in [-0.25, -0.2) is 12.8 Å². The lowest BCUT2D eigenvalue weighted by molar-refractivity contribution is -0.118. The Labute approximate surface area is 269 Å². The van der Waals surface area contributed by atoms with Crippen LogP contribution in [0.3, 0.4) is 0 Å². The first-order valence-electron chi connectivity index (χ1n) is 15.5. The maximum atomic E-state index is 15.2. The molecule has 1 aromatic heterocycles. The smallest absolute Gasteiger partial charge is 0.243 e. The lowest BCUT2D eigenvalue weighted by Gasteiger charge is -2.40. The molecule has 0 spiro atoms. The molecule has 0 bridgehead atoms. The van der Waals surface area contributed by atoms with Gasteiger partial charge in [0.15, 0.2) is 0 Å². The summed E-state index contributed by atoms with van der Waals surface area (Å²) in [5.41, 5.74) is 8.14. The minimum atomic E-state index is -3.72. The number of aromatic nitrogens is 1. The normalized spacial score (nSPS) is 21.2. The summed E-state index contributed by atoms with van der Waals surface area (Å²) in [6.07, 6.45) is 5.37. The zero-order valence-corrected chi connectivity index (χ0v) is 26.9. The molecular weight excluding hydrogens is 617 g/mol. The third-order valence-electron chi connectivity index (χ3n) is 8.88. The van der Waals surface area contributed by atoms with Crippen LogP contribution in [0, 0.1) is 11.7 Å². The van der Waals surface area contributed by atoms with E-state index in [-0.39, 0.29) is 40.9 Å². The van der Waals surface area contributed by atoms with E-state index in [1.165, 1.54) is 6.20 Å². The van der Waals surface area contributed by atoms with Crippen molar-refractivity contribution in [2.24, 2.45) is 11.7 Å². The number of hydrogen-bond acceptors (Lipinski definition) is 7. The third kappa shape index (κ3) is 7.90. The summed E-state index contributed by atoms with van der Waals surface area (Å²) in [5.74, 6) is -1.12. The Hall–Kier alpha value is -2.93. The monoisotopic (exact) mass is 657 g/mol. The number of hydrogen-bond donors (Lipinski definition) is 3. The number of pyridine rings is 1. The molecule has 3 aromatic rings. The molecule has 2 fully saturated rings. The summed E-state index contributed by atoms with van der Waals surface area (Å²) < 4.78 is 49.5. The molecule has 2 aromatic carbocycles. The number of nitrogens with one attached hydrogen (secondary N) is 2. The Kier molecular flexibility index (Phi) is 11.2. The molecule has 4 atom stereocenters. The maximum Gasteiger partial charge on any atom is 0.243 e. The Morgan fingerprint density at radius 2 is 1.84 bits per heavy atom. The molecule has 2 aliphatic rings. The number of benzene rings is 2. The highest BCUT2D eigenvalue weighted by Gasteiger charge is 2.38. The minimum Gasteiger partial charge on any atom is -0.381 e. The van der Waals surface area contributed by atoms with Crippen LogP contribution < -0.4 is 16.4 Å². The molecule has 2 saturated heterocycles. The van der Waals surface area contributed by atoms with Crippen LogP contribution in [0.2, 0.25) is 5.02 Å². The maximum absolute atomic E-state index is 15.2. The number of piperazine rings is 1. The second-order valence-electron chi connectivity index (χ2n) is 11.9. The van der Waals surface area contributed by atoms with Crippen molar-refractivity contribution in [2.75, 3.05) is 31.6 Å². The van der Waals surface area contributed by atoms with Gasteiger partial charge in [0.05, 0.1) is 29.0 Å². The molecule has 2 aliphatic heterocycles. The number of rotatable bonds is 11. The van der Waals surface area contributed by atoms with Crippen molar-refractivity contribution >= 4 is 33.2 Å². The van der Waals surface area contributed by atoms with Gasteiger partial charge in [-0.1, -0.05) is 41.9 Å². The topological polar surface area (TPSA) is 127 Å². The van der Waals surface area contributed by atoms with Crippen molar-refractivity contribution in [2.45, 2.75) is 68.0 Å². The van der Waals surface area contributed by atoms with Gasteiger partial charge in [-0.15, -0.1) is 0 Å². The van der Waals surface area contributed by atoms with Crippen LogP contribution in [0.15, 0.2) is 71.9 Å². The number of carbonyl (C=O) groups is 1. The number of amides is 1. The lowest BCUT2D eigenvalue weighted by Crippen LogP contribution is -2.58. The highest BCUT2D eigenvalue weighted by Crippen LogP contribution is 2.35. The largest absolute Gasteiger partial charge is 0.381 e. The van der Waals surface area contributed by atoms with E-state index >= 15 is 4.39 Å². The summed E-state index contributed by atoms with van der Waals surface area (Å²) in [5, 5.41) is 6.78. The summed E-state index contributed by atoms with van der Waals surface area (Å²) in [6, 6.07) is 14.3.